The van der Waals surface area contributed by atoms with Crippen LogP contribution in [0, 0.1) is 11.8 Å². The number of benzene rings is 1. The van der Waals surface area contributed by atoms with Crippen LogP contribution in [-0.2, 0) is 22.6 Å². The molecule has 128 valence electrons. The average molecular weight is 326 g/mol. The highest BCUT2D eigenvalue weighted by atomic mass is 16.2. The molecular weight excluding hydrogens is 300 g/mol. The van der Waals surface area contributed by atoms with Crippen LogP contribution in [0.25, 0.3) is 0 Å². The van der Waals surface area contributed by atoms with E-state index in [0.717, 1.165) is 45.2 Å². The van der Waals surface area contributed by atoms with Gasteiger partial charge in [0.25, 0.3) is 0 Å². The summed E-state index contributed by atoms with van der Waals surface area (Å²) in [5, 5.41) is 2.87. The van der Waals surface area contributed by atoms with Crippen molar-refractivity contribution in [2.45, 2.75) is 38.6 Å². The van der Waals surface area contributed by atoms with Crippen molar-refractivity contribution in [3.63, 3.8) is 0 Å². The van der Waals surface area contributed by atoms with Crippen molar-refractivity contribution in [3.05, 3.63) is 48.0 Å². The molecule has 2 amide bonds. The Morgan fingerprint density at radius 3 is 2.50 bits per heavy atom. The molecular formula is C20H26N2O2. The fourth-order valence-electron chi connectivity index (χ4n) is 3.86. The van der Waals surface area contributed by atoms with Gasteiger partial charge in [0.1, 0.15) is 0 Å². The van der Waals surface area contributed by atoms with Gasteiger partial charge in [-0.15, -0.1) is 6.58 Å². The average Bonchev–Trinajstić information content (AvgIpc) is 2.65. The topological polar surface area (TPSA) is 49.4 Å². The van der Waals surface area contributed by atoms with Gasteiger partial charge in [-0.3, -0.25) is 9.59 Å². The summed E-state index contributed by atoms with van der Waals surface area (Å²) < 4.78 is 0. The molecule has 0 unspecified atom stereocenters. The minimum atomic E-state index is 0.0519. The van der Waals surface area contributed by atoms with Crippen molar-refractivity contribution in [3.8, 4) is 0 Å². The first-order valence-electron chi connectivity index (χ1n) is 8.93. The van der Waals surface area contributed by atoms with E-state index in [1.165, 1.54) is 11.1 Å². The van der Waals surface area contributed by atoms with Crippen LogP contribution in [0.5, 0.6) is 0 Å². The quantitative estimate of drug-likeness (QED) is 0.865. The Kier molecular flexibility index (Phi) is 5.34. The summed E-state index contributed by atoms with van der Waals surface area (Å²) in [6.07, 6.45) is 5.91. The summed E-state index contributed by atoms with van der Waals surface area (Å²) in [6, 6.07) is 8.38. The molecule has 1 aromatic carbocycles. The molecule has 0 bridgehead atoms. The van der Waals surface area contributed by atoms with E-state index < -0.39 is 0 Å². The lowest BCUT2D eigenvalue weighted by Gasteiger charge is -2.34. The molecule has 1 aliphatic heterocycles. The molecule has 1 N–H and O–H groups in total. The summed E-state index contributed by atoms with van der Waals surface area (Å²) in [7, 11) is 0. The highest BCUT2D eigenvalue weighted by Gasteiger charge is 2.32. The molecule has 24 heavy (non-hydrogen) atoms. The van der Waals surface area contributed by atoms with Gasteiger partial charge in [0.15, 0.2) is 0 Å². The summed E-state index contributed by atoms with van der Waals surface area (Å²) in [5.74, 6) is 0.511. The number of hydrogen-bond donors (Lipinski definition) is 1. The van der Waals surface area contributed by atoms with Gasteiger partial charge < -0.3 is 10.2 Å². The fraction of sp³-hybridized carbons (Fsp3) is 0.500. The lowest BCUT2D eigenvalue weighted by molar-refractivity contribution is -0.139. The van der Waals surface area contributed by atoms with Crippen LogP contribution >= 0.6 is 0 Å². The smallest absolute Gasteiger partial charge is 0.225 e. The first-order valence-corrected chi connectivity index (χ1v) is 8.93. The molecule has 0 aromatic heterocycles. The third kappa shape index (κ3) is 3.69. The van der Waals surface area contributed by atoms with Gasteiger partial charge in [-0.2, -0.15) is 0 Å². The molecule has 1 saturated carbocycles. The van der Waals surface area contributed by atoms with E-state index in [-0.39, 0.29) is 23.7 Å². The summed E-state index contributed by atoms with van der Waals surface area (Å²) >= 11 is 0. The number of hydrogen-bond acceptors (Lipinski definition) is 2. The number of amides is 2. The van der Waals surface area contributed by atoms with Gasteiger partial charge in [0, 0.05) is 31.5 Å². The van der Waals surface area contributed by atoms with E-state index in [9.17, 15) is 9.59 Å². The Morgan fingerprint density at radius 1 is 1.12 bits per heavy atom. The summed E-state index contributed by atoms with van der Waals surface area (Å²) in [4.78, 5) is 26.8. The van der Waals surface area contributed by atoms with Crippen molar-refractivity contribution >= 4 is 11.8 Å². The molecule has 2 aliphatic rings. The van der Waals surface area contributed by atoms with Crippen LogP contribution in [0.2, 0.25) is 0 Å². The maximum atomic E-state index is 12.8. The molecule has 3 rings (SSSR count). The van der Waals surface area contributed by atoms with Gasteiger partial charge in [-0.25, -0.2) is 0 Å². The molecule has 1 aliphatic carbocycles. The Balaban J connectivity index is 1.53. The molecule has 1 aromatic rings. The van der Waals surface area contributed by atoms with Crippen LogP contribution in [0.1, 0.15) is 36.8 Å². The van der Waals surface area contributed by atoms with Crippen LogP contribution in [0.15, 0.2) is 36.9 Å². The van der Waals surface area contributed by atoms with Crippen LogP contribution in [-0.4, -0.2) is 29.8 Å². The number of carbonyl (C=O) groups excluding carboxylic acids is 2. The zero-order valence-electron chi connectivity index (χ0n) is 14.2. The molecule has 0 atom stereocenters. The molecule has 1 heterocycles. The SMILES string of the molecule is C=CCNC(=O)C1CCC(C(=O)N2CCc3ccccc3C2)CC1. The van der Waals surface area contributed by atoms with Crippen molar-refractivity contribution in [2.75, 3.05) is 13.1 Å². The van der Waals surface area contributed by atoms with E-state index in [2.05, 4.69) is 30.1 Å². The molecule has 4 nitrogen and oxygen atoms in total. The third-order valence-electron chi connectivity index (χ3n) is 5.31. The van der Waals surface area contributed by atoms with E-state index >= 15 is 0 Å². The van der Waals surface area contributed by atoms with Crippen molar-refractivity contribution in [1.82, 2.24) is 10.2 Å². The Labute approximate surface area is 143 Å². The largest absolute Gasteiger partial charge is 0.352 e. The monoisotopic (exact) mass is 326 g/mol. The predicted molar refractivity (Wildman–Crippen MR) is 94.2 cm³/mol. The second-order valence-electron chi connectivity index (χ2n) is 6.86. The first kappa shape index (κ1) is 16.7. The van der Waals surface area contributed by atoms with Gasteiger partial charge in [-0.05, 0) is 43.2 Å². The lowest BCUT2D eigenvalue weighted by Crippen LogP contribution is -2.42. The van der Waals surface area contributed by atoms with Gasteiger partial charge >= 0.3 is 0 Å². The molecule has 0 saturated heterocycles. The number of nitrogens with one attached hydrogen (secondary N) is 1. The summed E-state index contributed by atoms with van der Waals surface area (Å²) in [6.45, 7) is 5.68. The van der Waals surface area contributed by atoms with Crippen LogP contribution < -0.4 is 5.32 Å². The Morgan fingerprint density at radius 2 is 1.79 bits per heavy atom. The van der Waals surface area contributed by atoms with Crippen LogP contribution in [0.4, 0.5) is 0 Å². The number of rotatable bonds is 4. The minimum Gasteiger partial charge on any atom is -0.352 e. The summed E-state index contributed by atoms with van der Waals surface area (Å²) in [5.41, 5.74) is 2.64. The standard InChI is InChI=1S/C20H26N2O2/c1-2-12-21-19(23)16-7-9-17(10-8-16)20(24)22-13-11-15-5-3-4-6-18(15)14-22/h2-6,16-17H,1,7-14H2,(H,21,23). The maximum absolute atomic E-state index is 12.8. The van der Waals surface area contributed by atoms with Gasteiger partial charge in [-0.1, -0.05) is 30.3 Å². The zero-order valence-corrected chi connectivity index (χ0v) is 14.2. The Bertz CT molecular complexity index is 618. The molecule has 1 fully saturated rings. The molecule has 0 radical (unpaired) electrons. The van der Waals surface area contributed by atoms with E-state index in [1.807, 2.05) is 11.0 Å². The number of fused-ring (bicyclic) bond motifs is 1. The zero-order chi connectivity index (χ0) is 16.9. The molecule has 0 spiro atoms. The highest BCUT2D eigenvalue weighted by molar-refractivity contribution is 5.81. The second-order valence-corrected chi connectivity index (χ2v) is 6.86. The maximum Gasteiger partial charge on any atom is 0.225 e. The van der Waals surface area contributed by atoms with Crippen LogP contribution in [0.3, 0.4) is 0 Å². The van der Waals surface area contributed by atoms with Crippen molar-refractivity contribution in [2.24, 2.45) is 11.8 Å². The normalized spacial score (nSPS) is 23.2. The second kappa shape index (κ2) is 7.65. The Hall–Kier alpha value is -2.10. The van der Waals surface area contributed by atoms with Gasteiger partial charge in [0.2, 0.25) is 11.8 Å². The minimum absolute atomic E-state index is 0.0519. The fourth-order valence-corrected chi connectivity index (χ4v) is 3.86. The predicted octanol–water partition coefficient (Wildman–Crippen LogP) is 2.68. The van der Waals surface area contributed by atoms with Crippen molar-refractivity contribution < 1.29 is 9.59 Å². The number of nitrogens with zero attached hydrogens (tertiary/aromatic N) is 1. The van der Waals surface area contributed by atoms with Gasteiger partial charge in [0.05, 0.1) is 0 Å². The van der Waals surface area contributed by atoms with E-state index in [0.29, 0.717) is 6.54 Å². The highest BCUT2D eigenvalue weighted by Crippen LogP contribution is 2.31. The van der Waals surface area contributed by atoms with E-state index in [4.69, 9.17) is 0 Å². The molecule has 4 heteroatoms. The first-order chi connectivity index (χ1) is 11.7. The third-order valence-corrected chi connectivity index (χ3v) is 5.31. The lowest BCUT2D eigenvalue weighted by atomic mass is 9.80. The van der Waals surface area contributed by atoms with Crippen molar-refractivity contribution in [1.29, 1.82) is 0 Å². The van der Waals surface area contributed by atoms with E-state index in [1.54, 1.807) is 6.08 Å². The number of carbonyl (C=O) groups is 2.